The molecule has 0 bridgehead atoms. The van der Waals surface area contributed by atoms with Crippen LogP contribution in [-0.2, 0) is 25.0 Å². The largest absolute Gasteiger partial charge is 0.462 e. The van der Waals surface area contributed by atoms with E-state index >= 15 is 0 Å². The van der Waals surface area contributed by atoms with E-state index in [1.807, 2.05) is 12.1 Å². The normalized spacial score (nSPS) is 13.4. The van der Waals surface area contributed by atoms with E-state index in [2.05, 4.69) is 49.9 Å². The van der Waals surface area contributed by atoms with Crippen molar-refractivity contribution in [1.29, 1.82) is 0 Å². The van der Waals surface area contributed by atoms with Crippen LogP contribution in [0.3, 0.4) is 0 Å². The van der Waals surface area contributed by atoms with E-state index in [9.17, 15) is 31.0 Å². The van der Waals surface area contributed by atoms with Gasteiger partial charge in [-0.2, -0.15) is 26.8 Å². The molecule has 0 fully saturated rings. The van der Waals surface area contributed by atoms with Crippen molar-refractivity contribution in [1.82, 2.24) is 29.9 Å². The zero-order chi connectivity index (χ0) is 44.1. The molecule has 64 heavy (non-hydrogen) atoms. The Kier molecular flexibility index (Phi) is 19.8. The van der Waals surface area contributed by atoms with Gasteiger partial charge >= 0.3 is 0 Å². The molecule has 326 valence electrons. The molecule has 4 aromatic carbocycles. The minimum atomic E-state index is -4.89. The summed E-state index contributed by atoms with van der Waals surface area (Å²) in [5, 5.41) is 18.7. The Labute approximate surface area is 409 Å². The quantitative estimate of drug-likeness (QED) is 0.0280. The summed E-state index contributed by atoms with van der Waals surface area (Å²) in [6, 6.07) is 25.3. The van der Waals surface area contributed by atoms with Crippen molar-refractivity contribution < 1.29 is 50.4 Å². The van der Waals surface area contributed by atoms with Crippen LogP contribution in [0.4, 0.5) is 22.7 Å². The predicted octanol–water partition coefficient (Wildman–Crippen LogP) is 1.77. The molecule has 0 saturated heterocycles. The Morgan fingerprint density at radius 2 is 1.06 bits per heavy atom. The van der Waals surface area contributed by atoms with Gasteiger partial charge in [0.15, 0.2) is 0 Å². The molecule has 2 radical (unpaired) electrons. The summed E-state index contributed by atoms with van der Waals surface area (Å²) >= 11 is 0. The van der Waals surface area contributed by atoms with Crippen molar-refractivity contribution in [2.75, 3.05) is 33.0 Å². The molecule has 0 saturated carbocycles. The third kappa shape index (κ3) is 16.0. The van der Waals surface area contributed by atoms with Crippen LogP contribution in [0.5, 0.6) is 12.0 Å². The van der Waals surface area contributed by atoms with E-state index < -0.39 is 36.1 Å². The molecule has 21 nitrogen and oxygen atoms in total. The number of hydrogen-bond donors (Lipinski definition) is 8. The van der Waals surface area contributed by atoms with Crippen LogP contribution in [0, 0.1) is 0 Å². The van der Waals surface area contributed by atoms with Crippen LogP contribution in [0.25, 0.3) is 12.2 Å². The molecule has 6 aromatic rings. The van der Waals surface area contributed by atoms with Gasteiger partial charge in [0.25, 0.3) is 32.3 Å². The van der Waals surface area contributed by atoms with E-state index in [4.69, 9.17) is 19.3 Å². The topological polar surface area (TPSA) is 315 Å². The standard InChI is InChI=1S/C39H40N10O11S2.2Na/c1-25(51)24-60-39-48-35(41-29-10-6-3-7-11-29)45-37(49-39)43-31-17-15-27(33(23-31)62(55,56)57)13-12-26-14-16-30(22-32(26)61(52,53)54)42-36-44-34(40-28-8-4-2-5-9-28)46-38(47-36)59-21-20-58-19-18-50;;/h2-17,22-23,25,50-51H,18-21,24H2,1H3,(H,52,53,54)(H,55,56,57)(H2,40,42,44,46,47)(H2,41,43,45,48,49);;. The summed E-state index contributed by atoms with van der Waals surface area (Å²) in [5.74, 6) is 0. The molecule has 6 rings (SSSR count). The van der Waals surface area contributed by atoms with Gasteiger partial charge in [0.2, 0.25) is 22.5 Å². The first-order valence-electron chi connectivity index (χ1n) is 18.5. The minimum Gasteiger partial charge on any atom is -0.462 e. The molecule has 1 unspecified atom stereocenters. The minimum absolute atomic E-state index is 0. The third-order valence-electron chi connectivity index (χ3n) is 7.95. The van der Waals surface area contributed by atoms with Gasteiger partial charge in [0.05, 0.1) is 48.7 Å². The van der Waals surface area contributed by atoms with Gasteiger partial charge in [-0.05, 0) is 66.6 Å². The van der Waals surface area contributed by atoms with Crippen molar-refractivity contribution in [3.63, 3.8) is 0 Å². The number of nitrogens with zero attached hydrogens (tertiary/aromatic N) is 6. The number of aliphatic hydroxyl groups is 2. The van der Waals surface area contributed by atoms with Gasteiger partial charge in [0, 0.05) is 59.1 Å². The van der Waals surface area contributed by atoms with Crippen molar-refractivity contribution in [3.8, 4) is 12.0 Å². The molecule has 0 aliphatic heterocycles. The van der Waals surface area contributed by atoms with Gasteiger partial charge < -0.3 is 24.4 Å². The molecular formula is C39H40N10Na2O11S2. The van der Waals surface area contributed by atoms with Crippen LogP contribution in [0.1, 0.15) is 18.1 Å². The van der Waals surface area contributed by atoms with E-state index in [0.717, 1.165) is 12.1 Å². The van der Waals surface area contributed by atoms with Gasteiger partial charge in [-0.15, -0.1) is 0 Å². The van der Waals surface area contributed by atoms with Crippen molar-refractivity contribution >= 4 is 114 Å². The molecular weight excluding hydrogens is 895 g/mol. The van der Waals surface area contributed by atoms with Crippen LogP contribution >= 0.6 is 0 Å². The van der Waals surface area contributed by atoms with Gasteiger partial charge in [-0.1, -0.05) is 60.7 Å². The van der Waals surface area contributed by atoms with Gasteiger partial charge in [-0.25, -0.2) is 20.0 Å². The number of benzene rings is 4. The zero-order valence-corrected chi connectivity index (χ0v) is 40.3. The average molecular weight is 935 g/mol. The van der Waals surface area contributed by atoms with Gasteiger partial charge in [0.1, 0.15) is 23.0 Å². The summed E-state index contributed by atoms with van der Waals surface area (Å²) in [7, 11) is -9.78. The molecule has 1 atom stereocenters. The third-order valence-corrected chi connectivity index (χ3v) is 9.76. The Balaban J connectivity index is 0.00000449. The zero-order valence-electron chi connectivity index (χ0n) is 34.7. The van der Waals surface area contributed by atoms with E-state index in [0.29, 0.717) is 11.4 Å². The summed E-state index contributed by atoms with van der Waals surface area (Å²) in [5.41, 5.74) is 1.26. The smallest absolute Gasteiger partial charge is 0.299 e. The number of nitrogens with one attached hydrogen (secondary N) is 4. The number of aromatic amines is 4. The first-order chi connectivity index (χ1) is 29.7. The van der Waals surface area contributed by atoms with Crippen LogP contribution in [0.15, 0.2) is 127 Å². The second-order valence-corrected chi connectivity index (χ2v) is 15.6. The Bertz CT molecular complexity index is 3050. The number of rotatable bonds is 17. The van der Waals surface area contributed by atoms with Crippen LogP contribution in [-0.4, -0.2) is 164 Å². The summed E-state index contributed by atoms with van der Waals surface area (Å²) in [6.45, 7) is 1.56. The number of ether oxygens (including phenoxy) is 3. The van der Waals surface area contributed by atoms with Crippen molar-refractivity contribution in [2.24, 2.45) is 20.0 Å². The Hall–Kier alpha value is -4.86. The van der Waals surface area contributed by atoms with E-state index in [-0.39, 0.29) is 149 Å². The number of para-hydroxylation sites is 2. The number of hydrogen-bond acceptors (Lipinski definition) is 15. The molecule has 2 aromatic heterocycles. The summed E-state index contributed by atoms with van der Waals surface area (Å²) in [4.78, 5) is 36.5. The second kappa shape index (κ2) is 24.4. The van der Waals surface area contributed by atoms with E-state index in [1.165, 1.54) is 43.3 Å². The van der Waals surface area contributed by atoms with Crippen molar-refractivity contribution in [3.05, 3.63) is 131 Å². The molecule has 0 amide bonds. The molecule has 2 heterocycles. The first-order valence-corrected chi connectivity index (χ1v) is 21.3. The van der Waals surface area contributed by atoms with E-state index in [1.54, 1.807) is 48.5 Å². The van der Waals surface area contributed by atoms with Crippen LogP contribution < -0.4 is 31.9 Å². The fraction of sp³-hybridized carbons (Fsp3) is 0.179. The van der Waals surface area contributed by atoms with Gasteiger partial charge in [-0.3, -0.25) is 29.0 Å². The Morgan fingerprint density at radius 3 is 1.48 bits per heavy atom. The maximum Gasteiger partial charge on any atom is 0.299 e. The van der Waals surface area contributed by atoms with Crippen LogP contribution in [0.2, 0.25) is 0 Å². The number of H-pyrrole nitrogens is 4. The maximum absolute atomic E-state index is 12.6. The first kappa shape index (κ1) is 51.8. The average Bonchev–Trinajstić information content (AvgIpc) is 3.22. The fourth-order valence-electron chi connectivity index (χ4n) is 5.29. The van der Waals surface area contributed by atoms with Crippen molar-refractivity contribution in [2.45, 2.75) is 22.8 Å². The maximum atomic E-state index is 12.6. The molecule has 0 spiro atoms. The Morgan fingerprint density at radius 1 is 0.609 bits per heavy atom. The second-order valence-electron chi connectivity index (χ2n) is 12.9. The molecule has 0 aliphatic rings. The molecule has 25 heteroatoms. The number of aromatic nitrogens is 6. The number of aliphatic hydroxyl groups excluding tert-OH is 2. The predicted molar refractivity (Wildman–Crippen MR) is 233 cm³/mol. The summed E-state index contributed by atoms with van der Waals surface area (Å²) < 4.78 is 87.4. The summed E-state index contributed by atoms with van der Waals surface area (Å²) in [6.07, 6.45) is 1.63. The molecule has 0 aliphatic carbocycles. The monoisotopic (exact) mass is 934 g/mol. The SMILES string of the molecule is CC(O)COc1nc(=Nc2ccccc2)[nH]c(=Nc2ccc(C=Cc3ccc(N=c4[nH]c(OCCOCCO)nc(=Nc5ccccc5)[nH]4)cc3S(=O)(=O)O)c(S(=O)(=O)O)c2)[nH]1.[Na].[Na]. The fourth-order valence-corrected chi connectivity index (χ4v) is 6.70. The molecule has 8 N–H and O–H groups in total.